The Morgan fingerprint density at radius 3 is 2.82 bits per heavy atom. The number of methoxy groups -OCH3 is 1. The second-order valence-corrected chi connectivity index (χ2v) is 4.79. The van der Waals surface area contributed by atoms with Crippen molar-refractivity contribution in [1.82, 2.24) is 9.97 Å². The molecule has 17 heavy (non-hydrogen) atoms. The van der Waals surface area contributed by atoms with Gasteiger partial charge in [-0.25, -0.2) is 9.78 Å². The summed E-state index contributed by atoms with van der Waals surface area (Å²) in [4.78, 5) is 20.9. The quantitative estimate of drug-likeness (QED) is 0.766. The molecule has 0 aliphatic carbocycles. The zero-order chi connectivity index (χ0) is 12.4. The van der Waals surface area contributed by atoms with Gasteiger partial charge in [0.15, 0.2) is 5.69 Å². The van der Waals surface area contributed by atoms with Crippen LogP contribution >= 0.6 is 11.3 Å². The molecule has 0 aliphatic rings. The lowest BCUT2D eigenvalue weighted by Crippen LogP contribution is -2.03. The summed E-state index contributed by atoms with van der Waals surface area (Å²) in [5.74, 6) is -0.404. The van der Waals surface area contributed by atoms with Crippen LogP contribution in [0.2, 0.25) is 0 Å². The minimum absolute atomic E-state index is 0.373. The van der Waals surface area contributed by atoms with Crippen LogP contribution in [-0.4, -0.2) is 23.0 Å². The lowest BCUT2D eigenvalue weighted by atomic mass is 10.2. The lowest BCUT2D eigenvalue weighted by molar-refractivity contribution is 0.0594. The molecule has 0 saturated carbocycles. The van der Waals surface area contributed by atoms with Gasteiger partial charge in [-0.05, 0) is 25.5 Å². The van der Waals surface area contributed by atoms with Gasteiger partial charge in [0.1, 0.15) is 10.7 Å². The number of nitrogens with zero attached hydrogens (tertiary/aromatic N) is 2. The van der Waals surface area contributed by atoms with E-state index < -0.39 is 5.97 Å². The number of hydrogen-bond acceptors (Lipinski definition) is 5. The normalized spacial score (nSPS) is 10.3. The summed E-state index contributed by atoms with van der Waals surface area (Å²) in [5.41, 5.74) is 2.23. The Morgan fingerprint density at radius 1 is 1.41 bits per heavy atom. The molecule has 0 N–H and O–H groups in total. The van der Waals surface area contributed by atoms with Crippen molar-refractivity contribution in [2.24, 2.45) is 0 Å². The minimum Gasteiger partial charge on any atom is -0.464 e. The molecule has 0 amide bonds. The molecule has 5 heteroatoms. The molecule has 0 aliphatic heterocycles. The Morgan fingerprint density at radius 2 is 2.18 bits per heavy atom. The average Bonchev–Trinajstić information content (AvgIpc) is 2.71. The highest BCUT2D eigenvalue weighted by molar-refractivity contribution is 7.15. The largest absolute Gasteiger partial charge is 0.464 e. The van der Waals surface area contributed by atoms with E-state index in [4.69, 9.17) is 0 Å². The number of pyridine rings is 1. The van der Waals surface area contributed by atoms with Gasteiger partial charge in [-0.3, -0.25) is 4.98 Å². The first kappa shape index (κ1) is 11.7. The standard InChI is InChI=1S/C12H12N2O2S/c1-7-5-4-6-13-9(7)11-14-10(8(2)17-11)12(15)16-3/h4-6H,1-3H3. The number of thiazole rings is 1. The second kappa shape index (κ2) is 4.63. The maximum Gasteiger partial charge on any atom is 0.357 e. The van der Waals surface area contributed by atoms with E-state index in [0.717, 1.165) is 21.1 Å². The van der Waals surface area contributed by atoms with E-state index in [2.05, 4.69) is 14.7 Å². The van der Waals surface area contributed by atoms with E-state index in [0.29, 0.717) is 5.69 Å². The molecule has 88 valence electrons. The third-order valence-electron chi connectivity index (χ3n) is 2.39. The fraction of sp³-hybridized carbons (Fsp3) is 0.250. The summed E-state index contributed by atoms with van der Waals surface area (Å²) in [7, 11) is 1.35. The van der Waals surface area contributed by atoms with Gasteiger partial charge in [0, 0.05) is 11.1 Å². The molecular formula is C12H12N2O2S. The molecule has 0 radical (unpaired) electrons. The van der Waals surface area contributed by atoms with E-state index >= 15 is 0 Å². The lowest BCUT2D eigenvalue weighted by Gasteiger charge is -1.98. The van der Waals surface area contributed by atoms with Gasteiger partial charge in [0.05, 0.1) is 7.11 Å². The summed E-state index contributed by atoms with van der Waals surface area (Å²) >= 11 is 1.45. The molecule has 0 atom stereocenters. The molecule has 2 rings (SSSR count). The zero-order valence-electron chi connectivity index (χ0n) is 9.85. The van der Waals surface area contributed by atoms with Crippen molar-refractivity contribution in [1.29, 1.82) is 0 Å². The van der Waals surface area contributed by atoms with Crippen LogP contribution in [0.3, 0.4) is 0 Å². The van der Waals surface area contributed by atoms with Crippen molar-refractivity contribution in [3.8, 4) is 10.7 Å². The first-order chi connectivity index (χ1) is 8.13. The molecular weight excluding hydrogens is 236 g/mol. The van der Waals surface area contributed by atoms with Crippen LogP contribution in [0.4, 0.5) is 0 Å². The SMILES string of the molecule is COC(=O)c1nc(-c2ncccc2C)sc1C. The molecule has 2 aromatic rings. The Bertz CT molecular complexity index is 563. The molecule has 0 aromatic carbocycles. The summed E-state index contributed by atoms with van der Waals surface area (Å²) in [5, 5.41) is 0.751. The number of aromatic nitrogens is 2. The molecule has 4 nitrogen and oxygen atoms in total. The van der Waals surface area contributed by atoms with E-state index in [1.54, 1.807) is 6.20 Å². The van der Waals surface area contributed by atoms with Crippen LogP contribution in [-0.2, 0) is 4.74 Å². The third-order valence-corrected chi connectivity index (χ3v) is 3.36. The maximum atomic E-state index is 11.5. The van der Waals surface area contributed by atoms with Crippen molar-refractivity contribution < 1.29 is 9.53 Å². The molecule has 0 spiro atoms. The molecule has 0 bridgehead atoms. The predicted octanol–water partition coefficient (Wildman–Crippen LogP) is 2.61. The fourth-order valence-corrected chi connectivity index (χ4v) is 2.46. The van der Waals surface area contributed by atoms with Crippen molar-refractivity contribution in [3.63, 3.8) is 0 Å². The molecule has 0 saturated heterocycles. The van der Waals surface area contributed by atoms with Crippen molar-refractivity contribution in [2.75, 3.05) is 7.11 Å². The van der Waals surface area contributed by atoms with Crippen LogP contribution in [0.1, 0.15) is 20.9 Å². The molecule has 2 aromatic heterocycles. The van der Waals surface area contributed by atoms with Gasteiger partial charge < -0.3 is 4.74 Å². The van der Waals surface area contributed by atoms with E-state index in [-0.39, 0.29) is 0 Å². The number of esters is 1. The highest BCUT2D eigenvalue weighted by Gasteiger charge is 2.17. The van der Waals surface area contributed by atoms with Crippen LogP contribution in [0.5, 0.6) is 0 Å². The zero-order valence-corrected chi connectivity index (χ0v) is 10.7. The van der Waals surface area contributed by atoms with Crippen LogP contribution in [0, 0.1) is 13.8 Å². The Labute approximate surface area is 103 Å². The number of rotatable bonds is 2. The first-order valence-electron chi connectivity index (χ1n) is 5.11. The van der Waals surface area contributed by atoms with Crippen LogP contribution < -0.4 is 0 Å². The predicted molar refractivity (Wildman–Crippen MR) is 66.2 cm³/mol. The number of hydrogen-bond donors (Lipinski definition) is 0. The number of carbonyl (C=O) groups excluding carboxylic acids is 1. The van der Waals surface area contributed by atoms with E-state index in [1.807, 2.05) is 26.0 Å². The van der Waals surface area contributed by atoms with Crippen molar-refractivity contribution in [3.05, 3.63) is 34.5 Å². The van der Waals surface area contributed by atoms with Gasteiger partial charge in [-0.15, -0.1) is 11.3 Å². The fourth-order valence-electron chi connectivity index (χ4n) is 1.49. The van der Waals surface area contributed by atoms with Crippen LogP contribution in [0.15, 0.2) is 18.3 Å². The van der Waals surface area contributed by atoms with E-state index in [9.17, 15) is 4.79 Å². The topological polar surface area (TPSA) is 52.1 Å². The van der Waals surface area contributed by atoms with Gasteiger partial charge >= 0.3 is 5.97 Å². The van der Waals surface area contributed by atoms with Gasteiger partial charge in [-0.2, -0.15) is 0 Å². The monoisotopic (exact) mass is 248 g/mol. The van der Waals surface area contributed by atoms with Crippen LogP contribution in [0.25, 0.3) is 10.7 Å². The summed E-state index contributed by atoms with van der Waals surface area (Å²) < 4.78 is 4.68. The average molecular weight is 248 g/mol. The van der Waals surface area contributed by atoms with Gasteiger partial charge in [-0.1, -0.05) is 6.07 Å². The number of ether oxygens (including phenoxy) is 1. The molecule has 0 fully saturated rings. The third kappa shape index (κ3) is 2.19. The number of aryl methyl sites for hydroxylation is 2. The van der Waals surface area contributed by atoms with Gasteiger partial charge in [0.25, 0.3) is 0 Å². The Hall–Kier alpha value is -1.75. The second-order valence-electron chi connectivity index (χ2n) is 3.58. The van der Waals surface area contributed by atoms with Crippen molar-refractivity contribution in [2.45, 2.75) is 13.8 Å². The highest BCUT2D eigenvalue weighted by Crippen LogP contribution is 2.28. The van der Waals surface area contributed by atoms with Gasteiger partial charge in [0.2, 0.25) is 0 Å². The maximum absolute atomic E-state index is 11.5. The molecule has 0 unspecified atom stereocenters. The summed E-state index contributed by atoms with van der Waals surface area (Å²) in [6.07, 6.45) is 1.72. The minimum atomic E-state index is -0.404. The summed E-state index contributed by atoms with van der Waals surface area (Å²) in [6.45, 7) is 3.82. The van der Waals surface area contributed by atoms with Crippen molar-refractivity contribution >= 4 is 17.3 Å². The molecule has 2 heterocycles. The van der Waals surface area contributed by atoms with E-state index in [1.165, 1.54) is 18.4 Å². The highest BCUT2D eigenvalue weighted by atomic mass is 32.1. The summed E-state index contributed by atoms with van der Waals surface area (Å²) in [6, 6.07) is 3.84. The Balaban J connectivity index is 2.49. The smallest absolute Gasteiger partial charge is 0.357 e. The number of carbonyl (C=O) groups is 1. The first-order valence-corrected chi connectivity index (χ1v) is 5.93. The Kier molecular flexibility index (Phi) is 3.19.